The van der Waals surface area contributed by atoms with Crippen molar-refractivity contribution in [1.29, 1.82) is 0 Å². The standard InChI is InChI=1S/C67H108O6/c1-4-7-10-13-16-19-22-24-26-27-28-29-30-31-32-33-34-35-36-37-38-39-41-42-45-48-51-54-57-60-66(69)72-63-64(62-71-65(68)59-56-53-50-47-44-21-18-15-12-9-6-3)73-67(70)61-58-55-52-49-46-43-40-25-23-20-17-14-11-8-5-2/h7-8,10-11,16-17,19-20,24-26,28-29,31-32,34-35,37-38,40,46,49,64H,4-6,9,12-15,18,21-23,27,30,33,36,39,41-45,47-48,50-63H2,1-3H3/b10-7-,11-8-,19-16-,20-17-,26-24-,29-28-,32-31-,35-34-,38-37-,40-25-,49-46-. The third-order valence-corrected chi connectivity index (χ3v) is 12.2. The van der Waals surface area contributed by atoms with E-state index in [1.165, 1.54) is 77.0 Å². The van der Waals surface area contributed by atoms with Crippen molar-refractivity contribution in [1.82, 2.24) is 0 Å². The minimum Gasteiger partial charge on any atom is -0.462 e. The summed E-state index contributed by atoms with van der Waals surface area (Å²) in [6.45, 7) is 6.35. The Kier molecular flexibility index (Phi) is 56.4. The zero-order valence-electron chi connectivity index (χ0n) is 47.1. The summed E-state index contributed by atoms with van der Waals surface area (Å²) >= 11 is 0. The number of esters is 3. The van der Waals surface area contributed by atoms with Crippen LogP contribution in [-0.4, -0.2) is 37.2 Å². The number of allylic oxidation sites excluding steroid dienone is 22. The number of carbonyl (C=O) groups excluding carboxylic acids is 3. The Balaban J connectivity index is 4.34. The van der Waals surface area contributed by atoms with Crippen LogP contribution >= 0.6 is 0 Å². The van der Waals surface area contributed by atoms with E-state index in [9.17, 15) is 14.4 Å². The number of carbonyl (C=O) groups is 3. The summed E-state index contributed by atoms with van der Waals surface area (Å²) in [5, 5.41) is 0. The van der Waals surface area contributed by atoms with Gasteiger partial charge in [0.05, 0.1) is 0 Å². The molecule has 0 bridgehead atoms. The largest absolute Gasteiger partial charge is 0.462 e. The summed E-state index contributed by atoms with van der Waals surface area (Å²) < 4.78 is 16.8. The molecule has 0 aliphatic carbocycles. The molecule has 0 aliphatic rings. The summed E-state index contributed by atoms with van der Waals surface area (Å²) in [6.07, 6.45) is 84.5. The lowest BCUT2D eigenvalue weighted by molar-refractivity contribution is -0.167. The molecule has 0 aromatic rings. The molecule has 412 valence electrons. The predicted octanol–water partition coefficient (Wildman–Crippen LogP) is 20.2. The first-order valence-corrected chi connectivity index (χ1v) is 29.7. The van der Waals surface area contributed by atoms with E-state index >= 15 is 0 Å². The van der Waals surface area contributed by atoms with Crippen LogP contribution in [0.1, 0.15) is 252 Å². The topological polar surface area (TPSA) is 78.9 Å². The smallest absolute Gasteiger partial charge is 0.306 e. The molecule has 0 aromatic carbocycles. The van der Waals surface area contributed by atoms with Crippen molar-refractivity contribution in [2.45, 2.75) is 258 Å². The van der Waals surface area contributed by atoms with E-state index in [4.69, 9.17) is 14.2 Å². The molecule has 73 heavy (non-hydrogen) atoms. The lowest BCUT2D eigenvalue weighted by Gasteiger charge is -2.18. The number of hydrogen-bond donors (Lipinski definition) is 0. The number of hydrogen-bond acceptors (Lipinski definition) is 6. The second-order valence-electron chi connectivity index (χ2n) is 19.1. The molecule has 6 nitrogen and oxygen atoms in total. The van der Waals surface area contributed by atoms with E-state index in [1.807, 2.05) is 0 Å². The summed E-state index contributed by atoms with van der Waals surface area (Å²) in [5.74, 6) is -0.957. The van der Waals surface area contributed by atoms with Crippen LogP contribution in [0.5, 0.6) is 0 Å². The monoisotopic (exact) mass is 1010 g/mol. The highest BCUT2D eigenvalue weighted by atomic mass is 16.6. The number of ether oxygens (including phenoxy) is 3. The van der Waals surface area contributed by atoms with Crippen molar-refractivity contribution in [2.24, 2.45) is 0 Å². The van der Waals surface area contributed by atoms with Gasteiger partial charge in [-0.3, -0.25) is 14.4 Å². The molecule has 1 unspecified atom stereocenters. The van der Waals surface area contributed by atoms with E-state index in [0.29, 0.717) is 19.3 Å². The zero-order chi connectivity index (χ0) is 52.9. The van der Waals surface area contributed by atoms with Crippen LogP contribution in [0.2, 0.25) is 0 Å². The van der Waals surface area contributed by atoms with Crippen molar-refractivity contribution in [3.05, 3.63) is 134 Å². The molecule has 0 amide bonds. The van der Waals surface area contributed by atoms with Crippen LogP contribution < -0.4 is 0 Å². The van der Waals surface area contributed by atoms with Crippen molar-refractivity contribution >= 4 is 17.9 Å². The Morgan fingerprint density at radius 2 is 0.534 bits per heavy atom. The van der Waals surface area contributed by atoms with Gasteiger partial charge in [0.15, 0.2) is 6.10 Å². The predicted molar refractivity (Wildman–Crippen MR) is 316 cm³/mol. The third kappa shape index (κ3) is 58.3. The molecule has 0 fully saturated rings. The van der Waals surface area contributed by atoms with Gasteiger partial charge in [-0.1, -0.05) is 251 Å². The molecule has 6 heteroatoms. The quantitative estimate of drug-likeness (QED) is 0.0261. The van der Waals surface area contributed by atoms with Crippen molar-refractivity contribution in [3.8, 4) is 0 Å². The van der Waals surface area contributed by atoms with Gasteiger partial charge in [-0.2, -0.15) is 0 Å². The molecule has 0 spiro atoms. The molecule has 1 atom stereocenters. The highest BCUT2D eigenvalue weighted by Crippen LogP contribution is 2.14. The van der Waals surface area contributed by atoms with Crippen LogP contribution in [0.15, 0.2) is 134 Å². The average molecular weight is 1010 g/mol. The Morgan fingerprint density at radius 1 is 0.288 bits per heavy atom. The summed E-state index contributed by atoms with van der Waals surface area (Å²) in [5.41, 5.74) is 0. The van der Waals surface area contributed by atoms with Gasteiger partial charge in [0.1, 0.15) is 13.2 Å². The molecule has 0 aromatic heterocycles. The SMILES string of the molecule is CC/C=C\C/C=C\C/C=C\C/C=C\C/C=C\C/C=C\C/C=C\CCCCCCCCCC(=O)OCC(COC(=O)CCCCCCCCCCCCC)OC(=O)CCCC/C=C\C/C=C\C/C=C\C/C=C\CC. The lowest BCUT2D eigenvalue weighted by Crippen LogP contribution is -2.30. The first-order chi connectivity index (χ1) is 36.0. The van der Waals surface area contributed by atoms with Gasteiger partial charge < -0.3 is 14.2 Å². The van der Waals surface area contributed by atoms with Gasteiger partial charge >= 0.3 is 17.9 Å². The Labute approximate surface area is 449 Å². The molecule has 0 aliphatic heterocycles. The number of unbranched alkanes of at least 4 members (excludes halogenated alkanes) is 19. The fourth-order valence-electron chi connectivity index (χ4n) is 7.77. The fourth-order valence-corrected chi connectivity index (χ4v) is 7.77. The number of rotatable bonds is 52. The van der Waals surface area contributed by atoms with Gasteiger partial charge in [-0.15, -0.1) is 0 Å². The molecule has 0 saturated carbocycles. The highest BCUT2D eigenvalue weighted by Gasteiger charge is 2.19. The first-order valence-electron chi connectivity index (χ1n) is 29.7. The molecule has 0 rings (SSSR count). The van der Waals surface area contributed by atoms with E-state index in [0.717, 1.165) is 128 Å². The normalized spacial score (nSPS) is 13.1. The Hall–Kier alpha value is -4.45. The highest BCUT2D eigenvalue weighted by molar-refractivity contribution is 5.71. The molecule has 0 saturated heterocycles. The summed E-state index contributed by atoms with van der Waals surface area (Å²) in [4.78, 5) is 38.1. The minimum atomic E-state index is -0.807. The van der Waals surface area contributed by atoms with Crippen molar-refractivity contribution in [3.63, 3.8) is 0 Å². The minimum absolute atomic E-state index is 0.100. The van der Waals surface area contributed by atoms with Crippen LogP contribution in [-0.2, 0) is 28.6 Å². The van der Waals surface area contributed by atoms with Crippen molar-refractivity contribution in [2.75, 3.05) is 13.2 Å². The van der Waals surface area contributed by atoms with E-state index < -0.39 is 6.10 Å². The second-order valence-corrected chi connectivity index (χ2v) is 19.1. The summed E-state index contributed by atoms with van der Waals surface area (Å²) in [6, 6.07) is 0. The zero-order valence-corrected chi connectivity index (χ0v) is 47.1. The van der Waals surface area contributed by atoms with E-state index in [2.05, 4.69) is 154 Å². The van der Waals surface area contributed by atoms with Crippen LogP contribution in [0.3, 0.4) is 0 Å². The van der Waals surface area contributed by atoms with Gasteiger partial charge in [0.25, 0.3) is 0 Å². The van der Waals surface area contributed by atoms with Crippen LogP contribution in [0.25, 0.3) is 0 Å². The van der Waals surface area contributed by atoms with E-state index in [-0.39, 0.29) is 37.5 Å². The van der Waals surface area contributed by atoms with Gasteiger partial charge in [0, 0.05) is 19.3 Å². The Morgan fingerprint density at radius 3 is 0.863 bits per heavy atom. The molecular formula is C67H108O6. The lowest BCUT2D eigenvalue weighted by atomic mass is 10.1. The van der Waals surface area contributed by atoms with Crippen LogP contribution in [0.4, 0.5) is 0 Å². The van der Waals surface area contributed by atoms with Crippen LogP contribution in [0, 0.1) is 0 Å². The average Bonchev–Trinajstić information content (AvgIpc) is 3.39. The molecule has 0 N–H and O–H groups in total. The van der Waals surface area contributed by atoms with Gasteiger partial charge in [0.2, 0.25) is 0 Å². The first kappa shape index (κ1) is 68.6. The summed E-state index contributed by atoms with van der Waals surface area (Å²) in [7, 11) is 0. The fraction of sp³-hybridized carbons (Fsp3) is 0.627. The maximum absolute atomic E-state index is 12.8. The van der Waals surface area contributed by atoms with Crippen molar-refractivity contribution < 1.29 is 28.6 Å². The maximum atomic E-state index is 12.8. The Bertz CT molecular complexity index is 1580. The van der Waals surface area contributed by atoms with Gasteiger partial charge in [-0.05, 0) is 116 Å². The van der Waals surface area contributed by atoms with E-state index in [1.54, 1.807) is 0 Å². The maximum Gasteiger partial charge on any atom is 0.306 e. The molecular weight excluding hydrogens is 901 g/mol. The molecule has 0 radical (unpaired) electrons. The molecule has 0 heterocycles. The second kappa shape index (κ2) is 60.1. The third-order valence-electron chi connectivity index (χ3n) is 12.2. The van der Waals surface area contributed by atoms with Gasteiger partial charge in [-0.25, -0.2) is 0 Å².